The Bertz CT molecular complexity index is 1900. The zero-order valence-corrected chi connectivity index (χ0v) is 22.6. The summed E-state index contributed by atoms with van der Waals surface area (Å²) in [6.07, 6.45) is 2.99. The van der Waals surface area contributed by atoms with Crippen molar-refractivity contribution in [2.24, 2.45) is 0 Å². The van der Waals surface area contributed by atoms with E-state index in [9.17, 15) is 19.7 Å². The molecule has 0 fully saturated rings. The summed E-state index contributed by atoms with van der Waals surface area (Å²) in [4.78, 5) is 46.4. The highest BCUT2D eigenvalue weighted by atomic mass is 16.6. The minimum absolute atomic E-state index is 0.00946. The lowest BCUT2D eigenvalue weighted by atomic mass is 9.86. The highest BCUT2D eigenvalue weighted by Crippen LogP contribution is 2.37. The van der Waals surface area contributed by atoms with Crippen LogP contribution < -0.4 is 0 Å². The Balaban J connectivity index is 1.40. The van der Waals surface area contributed by atoms with Crippen LogP contribution in [0.25, 0.3) is 33.5 Å². The predicted octanol–water partition coefficient (Wildman–Crippen LogP) is 7.24. The third-order valence-electron chi connectivity index (χ3n) is 7.59. The van der Waals surface area contributed by atoms with Gasteiger partial charge >= 0.3 is 5.97 Å². The van der Waals surface area contributed by atoms with E-state index in [2.05, 4.69) is 4.98 Å². The first kappa shape index (κ1) is 26.1. The molecule has 5 aromatic rings. The Morgan fingerprint density at radius 2 is 1.76 bits per heavy atom. The summed E-state index contributed by atoms with van der Waals surface area (Å²) in [6, 6.07) is 21.4. The summed E-state index contributed by atoms with van der Waals surface area (Å²) in [5, 5.41) is 12.8. The molecule has 6 rings (SSSR count). The number of nitrogens with zero attached hydrogens (tertiary/aromatic N) is 2. The number of hydrogen-bond acceptors (Lipinski definition) is 6. The van der Waals surface area contributed by atoms with Crippen molar-refractivity contribution in [3.8, 4) is 0 Å². The summed E-state index contributed by atoms with van der Waals surface area (Å²) in [5.74, 6) is -0.846. The average molecular weight is 546 g/mol. The number of Topliss-reactive ketones (excluding diaryl/α,β-unsaturated/α-hetero) is 1. The lowest BCUT2D eigenvalue weighted by Gasteiger charge is -2.23. The third-order valence-corrected chi connectivity index (χ3v) is 7.59. The van der Waals surface area contributed by atoms with E-state index in [1.165, 1.54) is 12.1 Å². The number of nitro groups is 1. The summed E-state index contributed by atoms with van der Waals surface area (Å²) < 4.78 is 5.87. The van der Waals surface area contributed by atoms with E-state index in [0.29, 0.717) is 46.1 Å². The van der Waals surface area contributed by atoms with E-state index in [4.69, 9.17) is 9.72 Å². The van der Waals surface area contributed by atoms with Gasteiger partial charge in [0.05, 0.1) is 21.7 Å². The number of aromatic amines is 1. The van der Waals surface area contributed by atoms with Crippen molar-refractivity contribution in [3.63, 3.8) is 0 Å². The van der Waals surface area contributed by atoms with Crippen LogP contribution in [0.3, 0.4) is 0 Å². The number of carbonyl (C=O) groups excluding carboxylic acids is 2. The molecule has 0 saturated heterocycles. The fraction of sp³-hybridized carbons (Fsp3) is 0.182. The summed E-state index contributed by atoms with van der Waals surface area (Å²) in [7, 11) is 0. The van der Waals surface area contributed by atoms with Crippen LogP contribution in [0.5, 0.6) is 0 Å². The van der Waals surface area contributed by atoms with Gasteiger partial charge in [-0.15, -0.1) is 0 Å². The molecule has 1 N–H and O–H groups in total. The molecule has 0 saturated carbocycles. The molecule has 2 aromatic heterocycles. The second kappa shape index (κ2) is 10.5. The van der Waals surface area contributed by atoms with Crippen LogP contribution in [0.2, 0.25) is 0 Å². The maximum absolute atomic E-state index is 13.8. The number of carbonyl (C=O) groups is 2. The van der Waals surface area contributed by atoms with E-state index in [0.717, 1.165) is 34.2 Å². The zero-order chi connectivity index (χ0) is 28.7. The Labute approximate surface area is 235 Å². The number of benzene rings is 3. The van der Waals surface area contributed by atoms with Gasteiger partial charge in [0.1, 0.15) is 0 Å². The Morgan fingerprint density at radius 1 is 1.00 bits per heavy atom. The topological polar surface area (TPSA) is 115 Å². The minimum Gasteiger partial charge on any atom is -0.451 e. The highest BCUT2D eigenvalue weighted by Gasteiger charge is 2.30. The quantitative estimate of drug-likeness (QED) is 0.104. The number of pyridine rings is 1. The van der Waals surface area contributed by atoms with Gasteiger partial charge in [-0.25, -0.2) is 9.78 Å². The van der Waals surface area contributed by atoms with Crippen LogP contribution in [0.4, 0.5) is 5.69 Å². The highest BCUT2D eigenvalue weighted by molar-refractivity contribution is 6.13. The van der Waals surface area contributed by atoms with Crippen LogP contribution in [-0.2, 0) is 11.2 Å². The molecule has 8 nitrogen and oxygen atoms in total. The number of non-ortho nitro benzene ring substituents is 1. The van der Waals surface area contributed by atoms with E-state index in [1.807, 2.05) is 67.6 Å². The number of nitro benzene ring substituents is 1. The zero-order valence-electron chi connectivity index (χ0n) is 22.6. The first-order valence-electron chi connectivity index (χ1n) is 13.5. The van der Waals surface area contributed by atoms with E-state index >= 15 is 0 Å². The van der Waals surface area contributed by atoms with Gasteiger partial charge < -0.3 is 9.72 Å². The van der Waals surface area contributed by atoms with Crippen LogP contribution in [-0.4, -0.2) is 32.7 Å². The first-order chi connectivity index (χ1) is 19.8. The van der Waals surface area contributed by atoms with Crippen molar-refractivity contribution in [2.75, 3.05) is 0 Å². The van der Waals surface area contributed by atoms with Crippen molar-refractivity contribution in [1.82, 2.24) is 9.97 Å². The molecule has 8 heteroatoms. The van der Waals surface area contributed by atoms with Gasteiger partial charge in [-0.3, -0.25) is 14.9 Å². The standard InChI is InChI=1S/C33H27N3O5/c1-19-29(24-12-3-5-15-27(24)34-19)32(37)20(2)41-33(38)30-25-13-4-6-16-28(25)35-31-22(10-8-14-26(30)31)17-21-9-7-11-23(18-21)36(39)40/h3-7,9,11-13,15-18,20,34H,8,10,14H2,1-2H3/b22-17+/t20-/m0/s1. The number of allylic oxidation sites excluding steroid dienone is 1. The van der Waals surface area contributed by atoms with Crippen molar-refractivity contribution >= 4 is 50.9 Å². The molecule has 41 heavy (non-hydrogen) atoms. The van der Waals surface area contributed by atoms with Crippen molar-refractivity contribution < 1.29 is 19.2 Å². The van der Waals surface area contributed by atoms with Crippen LogP contribution in [0.1, 0.15) is 63.0 Å². The molecule has 3 aromatic carbocycles. The molecule has 0 amide bonds. The molecule has 0 bridgehead atoms. The van der Waals surface area contributed by atoms with Gasteiger partial charge in [0.2, 0.25) is 5.78 Å². The third kappa shape index (κ3) is 4.78. The van der Waals surface area contributed by atoms with Gasteiger partial charge in [-0.05, 0) is 68.0 Å². The number of hydrogen-bond donors (Lipinski definition) is 1. The van der Waals surface area contributed by atoms with Crippen LogP contribution in [0.15, 0.2) is 72.8 Å². The molecule has 0 spiro atoms. The SMILES string of the molecule is Cc1[nH]c2ccccc2c1C(=O)[C@H](C)OC(=O)c1c2c(nc3ccccc13)/C(=C/c1cccc([N+](=O)[O-])c1)CCC2. The second-order valence-electron chi connectivity index (χ2n) is 10.3. The number of H-pyrrole nitrogens is 1. The second-order valence-corrected chi connectivity index (χ2v) is 10.3. The van der Waals surface area contributed by atoms with Gasteiger partial charge in [-0.2, -0.15) is 0 Å². The molecule has 2 heterocycles. The van der Waals surface area contributed by atoms with E-state index in [-0.39, 0.29) is 11.5 Å². The number of aromatic nitrogens is 2. The number of fused-ring (bicyclic) bond motifs is 3. The van der Waals surface area contributed by atoms with E-state index in [1.54, 1.807) is 13.0 Å². The summed E-state index contributed by atoms with van der Waals surface area (Å²) >= 11 is 0. The average Bonchev–Trinajstić information content (AvgIpc) is 3.31. The molecular formula is C33H27N3O5. The number of aryl methyl sites for hydroxylation is 1. The minimum atomic E-state index is -1.01. The van der Waals surface area contributed by atoms with Crippen LogP contribution in [0, 0.1) is 17.0 Å². The van der Waals surface area contributed by atoms with Crippen molar-refractivity contribution in [1.29, 1.82) is 0 Å². The molecular weight excluding hydrogens is 518 g/mol. The molecule has 204 valence electrons. The molecule has 1 aliphatic carbocycles. The normalized spacial score (nSPS) is 14.6. The molecule has 0 aliphatic heterocycles. The summed E-state index contributed by atoms with van der Waals surface area (Å²) in [6.45, 7) is 3.44. The predicted molar refractivity (Wildman–Crippen MR) is 158 cm³/mol. The van der Waals surface area contributed by atoms with Crippen molar-refractivity contribution in [2.45, 2.75) is 39.2 Å². The number of rotatable bonds is 6. The fourth-order valence-electron chi connectivity index (χ4n) is 5.71. The maximum atomic E-state index is 13.8. The summed E-state index contributed by atoms with van der Waals surface area (Å²) in [5.41, 5.74) is 6.17. The number of ether oxygens (including phenoxy) is 1. The van der Waals surface area contributed by atoms with E-state index < -0.39 is 17.0 Å². The Morgan fingerprint density at radius 3 is 2.56 bits per heavy atom. The van der Waals surface area contributed by atoms with Gasteiger partial charge in [0, 0.05) is 39.7 Å². The lowest BCUT2D eigenvalue weighted by Crippen LogP contribution is -2.26. The number of ketones is 1. The Hall–Kier alpha value is -5.11. The smallest absolute Gasteiger partial charge is 0.339 e. The largest absolute Gasteiger partial charge is 0.451 e. The van der Waals surface area contributed by atoms with Gasteiger partial charge in [-0.1, -0.05) is 48.5 Å². The van der Waals surface area contributed by atoms with Crippen molar-refractivity contribution in [3.05, 3.63) is 117 Å². The van der Waals surface area contributed by atoms with Crippen LogP contribution >= 0.6 is 0 Å². The molecule has 0 unspecified atom stereocenters. The first-order valence-corrected chi connectivity index (χ1v) is 13.5. The number of nitrogens with one attached hydrogen (secondary N) is 1. The lowest BCUT2D eigenvalue weighted by molar-refractivity contribution is -0.384. The van der Waals surface area contributed by atoms with Gasteiger partial charge in [0.15, 0.2) is 6.10 Å². The number of para-hydroxylation sites is 2. The molecule has 1 aliphatic rings. The molecule has 1 atom stereocenters. The number of esters is 1. The maximum Gasteiger partial charge on any atom is 0.339 e. The van der Waals surface area contributed by atoms with Gasteiger partial charge in [0.25, 0.3) is 5.69 Å². The molecule has 0 radical (unpaired) electrons. The fourth-order valence-corrected chi connectivity index (χ4v) is 5.71. The Kier molecular flexibility index (Phi) is 6.67. The monoisotopic (exact) mass is 545 g/mol.